The molecule has 5 rings (SSSR count). The van der Waals surface area contributed by atoms with Crippen LogP contribution in [0, 0.1) is 0 Å². The molecule has 0 saturated heterocycles. The maximum atomic E-state index is 14.8. The minimum absolute atomic E-state index is 0.126. The van der Waals surface area contributed by atoms with Crippen LogP contribution < -0.4 is 20.9 Å². The van der Waals surface area contributed by atoms with Crippen LogP contribution in [0.4, 0.5) is 55.3 Å². The zero-order chi connectivity index (χ0) is 46.0. The van der Waals surface area contributed by atoms with Crippen molar-refractivity contribution in [3.8, 4) is 11.5 Å². The average Bonchev–Trinajstić information content (AvgIpc) is 3.20. The highest BCUT2D eigenvalue weighted by Crippen LogP contribution is 2.34. The van der Waals surface area contributed by atoms with Crippen molar-refractivity contribution >= 4 is 35.5 Å². The summed E-state index contributed by atoms with van der Waals surface area (Å²) in [5, 5.41) is 0. The van der Waals surface area contributed by atoms with Gasteiger partial charge >= 0.3 is 36.5 Å². The summed E-state index contributed by atoms with van der Waals surface area (Å²) in [4.78, 5) is 25.4. The first kappa shape index (κ1) is 47.1. The molecule has 63 heavy (non-hydrogen) atoms. The van der Waals surface area contributed by atoms with Crippen LogP contribution in [-0.2, 0) is 44.1 Å². The van der Waals surface area contributed by atoms with Gasteiger partial charge in [0.2, 0.25) is 0 Å². The molecule has 5 aromatic rings. The van der Waals surface area contributed by atoms with E-state index in [-0.39, 0.29) is 41.5 Å². The molecule has 0 spiro atoms. The Balaban J connectivity index is 1.14. The molecular formula is C45H36F10N2O6. The van der Waals surface area contributed by atoms with Gasteiger partial charge in [0.25, 0.3) is 0 Å². The predicted octanol–water partition coefficient (Wildman–Crippen LogP) is 10.9. The zero-order valence-corrected chi connectivity index (χ0v) is 32.6. The number of esters is 2. The molecule has 8 nitrogen and oxygen atoms in total. The second-order valence-corrected chi connectivity index (χ2v) is 13.9. The number of hydrogen-bond donors (Lipinski definition) is 2. The lowest BCUT2D eigenvalue weighted by molar-refractivity contribution is -0.186. The molecule has 0 aliphatic rings. The quantitative estimate of drug-likeness (QED) is 0.0409. The molecule has 0 heterocycles. The monoisotopic (exact) mass is 890 g/mol. The van der Waals surface area contributed by atoms with Crippen molar-refractivity contribution in [2.24, 2.45) is 0 Å². The van der Waals surface area contributed by atoms with E-state index < -0.39 is 66.4 Å². The molecule has 0 aliphatic heterocycles. The number of halogens is 10. The fourth-order valence-electron chi connectivity index (χ4n) is 5.79. The smallest absolute Gasteiger partial charge is 0.426 e. The van der Waals surface area contributed by atoms with Gasteiger partial charge in [0.05, 0.1) is 29.9 Å². The van der Waals surface area contributed by atoms with Crippen LogP contribution in [0.15, 0.2) is 127 Å². The van der Waals surface area contributed by atoms with Crippen LogP contribution in [0.25, 0.3) is 12.2 Å². The van der Waals surface area contributed by atoms with Crippen LogP contribution in [0.1, 0.15) is 44.9 Å². The lowest BCUT2D eigenvalue weighted by Gasteiger charge is -2.19. The van der Waals surface area contributed by atoms with E-state index in [2.05, 4.69) is 0 Å². The van der Waals surface area contributed by atoms with Gasteiger partial charge in [0, 0.05) is 23.5 Å². The van der Waals surface area contributed by atoms with Crippen LogP contribution in [0.3, 0.4) is 0 Å². The van der Waals surface area contributed by atoms with Crippen molar-refractivity contribution in [2.45, 2.75) is 43.3 Å². The van der Waals surface area contributed by atoms with Crippen LogP contribution in [0.5, 0.6) is 11.5 Å². The molecule has 5 aromatic carbocycles. The summed E-state index contributed by atoms with van der Waals surface area (Å²) in [6.45, 7) is -0.688. The average molecular weight is 891 g/mol. The standard InChI is InChI=1S/C45H36F10N2O6/c46-42(47,48)24-30-5-16-36(17-6-30)62-44(52,53)33-11-1-28(2-12-33)9-21-40(58)60-26-32(38-20-15-35(56)23-39(38)57)27-61-41(59)22-10-29-3-13-34(14-4-29)45(54,55)63-37-18-7-31(8-19-37)25-43(49,50)51/h1-23,32H,24-27,56-57H2/b21-9+,22-10+. The number of carbonyl (C=O) groups excluding carboxylic acids is 2. The Morgan fingerprint density at radius 2 is 0.905 bits per heavy atom. The SMILES string of the molecule is Nc1ccc(C(COC(=O)/C=C/c2ccc(C(F)(F)Oc3ccc(CC(F)(F)F)cc3)cc2)COC(=O)/C=C/c2ccc(C(F)(F)Oc3ccc(CC(F)(F)F)cc3)cc2)c(N)c1. The lowest BCUT2D eigenvalue weighted by atomic mass is 9.98. The number of nitrogen functional groups attached to an aromatic ring is 2. The van der Waals surface area contributed by atoms with Gasteiger partial charge in [0.15, 0.2) is 0 Å². The van der Waals surface area contributed by atoms with E-state index in [1.165, 1.54) is 48.6 Å². The van der Waals surface area contributed by atoms with Gasteiger partial charge in [-0.2, -0.15) is 43.9 Å². The van der Waals surface area contributed by atoms with E-state index in [0.29, 0.717) is 22.4 Å². The molecule has 0 unspecified atom stereocenters. The van der Waals surface area contributed by atoms with Gasteiger partial charge in [-0.05, 0) is 101 Å². The summed E-state index contributed by atoms with van der Waals surface area (Å²) in [5.41, 5.74) is 12.1. The number of benzene rings is 5. The number of anilines is 2. The number of nitrogens with two attached hydrogens (primary N) is 2. The number of ether oxygens (including phenoxy) is 4. The maximum Gasteiger partial charge on any atom is 0.426 e. The Morgan fingerprint density at radius 1 is 0.524 bits per heavy atom. The lowest BCUT2D eigenvalue weighted by Crippen LogP contribution is -2.21. The van der Waals surface area contributed by atoms with Gasteiger partial charge in [0.1, 0.15) is 24.7 Å². The summed E-state index contributed by atoms with van der Waals surface area (Å²) < 4.78 is 155. The Kier molecular flexibility index (Phi) is 14.8. The van der Waals surface area contributed by atoms with Gasteiger partial charge in [-0.25, -0.2) is 9.59 Å². The highest BCUT2D eigenvalue weighted by molar-refractivity contribution is 5.87. The highest BCUT2D eigenvalue weighted by atomic mass is 19.4. The van der Waals surface area contributed by atoms with E-state index in [1.54, 1.807) is 6.07 Å². The third kappa shape index (κ3) is 14.9. The molecule has 0 aliphatic carbocycles. The molecule has 0 amide bonds. The van der Waals surface area contributed by atoms with Crippen molar-refractivity contribution in [1.29, 1.82) is 0 Å². The van der Waals surface area contributed by atoms with Crippen molar-refractivity contribution < 1.29 is 72.4 Å². The van der Waals surface area contributed by atoms with Gasteiger partial charge < -0.3 is 30.4 Å². The summed E-state index contributed by atoms with van der Waals surface area (Å²) in [6, 6.07) is 21.9. The van der Waals surface area contributed by atoms with Gasteiger partial charge in [-0.15, -0.1) is 0 Å². The van der Waals surface area contributed by atoms with E-state index in [1.807, 2.05) is 0 Å². The molecule has 0 atom stereocenters. The molecule has 4 N–H and O–H groups in total. The molecular weight excluding hydrogens is 854 g/mol. The Morgan fingerprint density at radius 3 is 1.25 bits per heavy atom. The molecule has 0 saturated carbocycles. The summed E-state index contributed by atoms with van der Waals surface area (Å²) in [5.74, 6) is -3.22. The third-order valence-electron chi connectivity index (χ3n) is 8.87. The Hall–Kier alpha value is -6.98. The number of alkyl halides is 10. The number of rotatable bonds is 17. The number of carbonyl (C=O) groups is 2. The molecule has 0 radical (unpaired) electrons. The molecule has 0 bridgehead atoms. The second kappa shape index (κ2) is 19.8. The third-order valence-corrected chi connectivity index (χ3v) is 8.87. The van der Waals surface area contributed by atoms with Crippen molar-refractivity contribution in [1.82, 2.24) is 0 Å². The number of hydrogen-bond acceptors (Lipinski definition) is 8. The summed E-state index contributed by atoms with van der Waals surface area (Å²) in [6.07, 6.45) is -14.5. The molecule has 0 fully saturated rings. The van der Waals surface area contributed by atoms with Crippen LogP contribution in [-0.4, -0.2) is 37.5 Å². The molecule has 18 heteroatoms. The van der Waals surface area contributed by atoms with Crippen molar-refractivity contribution in [3.05, 3.63) is 166 Å². The maximum absolute atomic E-state index is 14.8. The van der Waals surface area contributed by atoms with Crippen LogP contribution >= 0.6 is 0 Å². The van der Waals surface area contributed by atoms with Gasteiger partial charge in [-0.1, -0.05) is 54.6 Å². The predicted molar refractivity (Wildman–Crippen MR) is 212 cm³/mol. The van der Waals surface area contributed by atoms with E-state index in [9.17, 15) is 53.5 Å². The minimum atomic E-state index is -4.46. The highest BCUT2D eigenvalue weighted by Gasteiger charge is 2.36. The fourth-order valence-corrected chi connectivity index (χ4v) is 5.79. The van der Waals surface area contributed by atoms with E-state index in [4.69, 9.17) is 30.4 Å². The fraction of sp³-hybridized carbons (Fsp3) is 0.200. The molecule has 332 valence electrons. The zero-order valence-electron chi connectivity index (χ0n) is 32.6. The summed E-state index contributed by atoms with van der Waals surface area (Å²) in [7, 11) is 0. The topological polar surface area (TPSA) is 123 Å². The van der Waals surface area contributed by atoms with E-state index in [0.717, 1.165) is 84.9 Å². The normalized spacial score (nSPS) is 12.5. The van der Waals surface area contributed by atoms with Gasteiger partial charge in [-0.3, -0.25) is 0 Å². The van der Waals surface area contributed by atoms with Crippen LogP contribution in [0.2, 0.25) is 0 Å². The second-order valence-electron chi connectivity index (χ2n) is 13.9. The first-order chi connectivity index (χ1) is 29.5. The Bertz CT molecular complexity index is 2240. The minimum Gasteiger partial charge on any atom is -0.462 e. The first-order valence-electron chi connectivity index (χ1n) is 18.5. The first-order valence-corrected chi connectivity index (χ1v) is 18.5. The van der Waals surface area contributed by atoms with E-state index >= 15 is 0 Å². The largest absolute Gasteiger partial charge is 0.462 e. The summed E-state index contributed by atoms with van der Waals surface area (Å²) >= 11 is 0. The van der Waals surface area contributed by atoms with Crippen molar-refractivity contribution in [2.75, 3.05) is 24.7 Å². The van der Waals surface area contributed by atoms with Crippen molar-refractivity contribution in [3.63, 3.8) is 0 Å². The Labute approximate surface area is 353 Å². The molecule has 0 aromatic heterocycles.